The van der Waals surface area contributed by atoms with E-state index in [0.29, 0.717) is 26.8 Å². The van der Waals surface area contributed by atoms with Gasteiger partial charge in [0, 0.05) is 10.2 Å². The third-order valence-corrected chi connectivity index (χ3v) is 7.62. The van der Waals surface area contributed by atoms with E-state index in [1.807, 2.05) is 6.92 Å². The highest BCUT2D eigenvalue weighted by Crippen LogP contribution is 2.42. The number of hydrogen-bond donors (Lipinski definition) is 1. The number of esters is 1. The number of rotatable bonds is 5. The average Bonchev–Trinajstić information content (AvgIpc) is 3.05. The highest BCUT2D eigenvalue weighted by molar-refractivity contribution is 9.10. The van der Waals surface area contributed by atoms with Gasteiger partial charge >= 0.3 is 5.97 Å². The molecule has 1 aliphatic carbocycles. The molecule has 4 rings (SSSR count). The molecule has 3 amide bonds. The number of ether oxygens (including phenoxy) is 1. The van der Waals surface area contributed by atoms with Crippen molar-refractivity contribution in [3.63, 3.8) is 0 Å². The summed E-state index contributed by atoms with van der Waals surface area (Å²) in [4.78, 5) is 51.5. The summed E-state index contributed by atoms with van der Waals surface area (Å²) in [5.74, 6) is -1.61. The Hall–Kier alpha value is -2.71. The van der Waals surface area contributed by atoms with Gasteiger partial charge in [-0.05, 0) is 90.0 Å². The summed E-state index contributed by atoms with van der Waals surface area (Å²) in [6.45, 7) is 3.44. The van der Waals surface area contributed by atoms with Gasteiger partial charge in [0.25, 0.3) is 5.91 Å². The minimum atomic E-state index is -0.686. The molecule has 0 radical (unpaired) electrons. The zero-order chi connectivity index (χ0) is 24.6. The molecule has 2 aromatic carbocycles. The van der Waals surface area contributed by atoms with Gasteiger partial charge < -0.3 is 10.1 Å². The van der Waals surface area contributed by atoms with E-state index in [1.54, 1.807) is 24.3 Å². The number of hydrogen-bond acceptors (Lipinski definition) is 5. The third kappa shape index (κ3) is 4.88. The molecule has 2 fully saturated rings. The molecule has 0 bridgehead atoms. The van der Waals surface area contributed by atoms with Crippen LogP contribution in [0.5, 0.6) is 0 Å². The van der Waals surface area contributed by atoms with Gasteiger partial charge in [0.2, 0.25) is 11.8 Å². The van der Waals surface area contributed by atoms with Crippen LogP contribution >= 0.6 is 27.5 Å². The lowest BCUT2D eigenvalue weighted by atomic mass is 9.76. The van der Waals surface area contributed by atoms with Crippen LogP contribution in [-0.2, 0) is 19.1 Å². The summed E-state index contributed by atoms with van der Waals surface area (Å²) in [5, 5.41) is 3.11. The van der Waals surface area contributed by atoms with Crippen LogP contribution in [0.2, 0.25) is 5.02 Å². The Labute approximate surface area is 210 Å². The summed E-state index contributed by atoms with van der Waals surface area (Å²) in [5.41, 5.74) is 1.97. The van der Waals surface area contributed by atoms with Crippen molar-refractivity contribution in [1.29, 1.82) is 0 Å². The molecule has 1 heterocycles. The fourth-order valence-corrected chi connectivity index (χ4v) is 5.19. The van der Waals surface area contributed by atoms with Crippen molar-refractivity contribution in [1.82, 2.24) is 0 Å². The lowest BCUT2D eigenvalue weighted by Crippen LogP contribution is -2.30. The summed E-state index contributed by atoms with van der Waals surface area (Å²) in [6, 6.07) is 9.47. The maximum absolute atomic E-state index is 12.9. The largest absolute Gasteiger partial charge is 0.452 e. The number of aryl methyl sites for hydroxylation is 1. The van der Waals surface area contributed by atoms with Crippen LogP contribution in [0, 0.1) is 24.7 Å². The monoisotopic (exact) mass is 546 g/mol. The van der Waals surface area contributed by atoms with Crippen LogP contribution in [0.3, 0.4) is 0 Å². The highest BCUT2D eigenvalue weighted by atomic mass is 79.9. The first-order valence-corrected chi connectivity index (χ1v) is 12.2. The Kier molecular flexibility index (Phi) is 7.09. The standard InChI is InChI=1S/C25H24BrClN2O5/c1-13-3-8-17-18(9-13)24(32)29(23(17)31)16-6-4-15(5-7-16)25(33)34-12-22(30)28-21-11-20(27)19(26)10-14(21)2/h4-7,10-11,13,17-18H,3,8-9,12H2,1-2H3,(H,28,30)/t13-,17+,18+/m0/s1. The smallest absolute Gasteiger partial charge is 0.338 e. The van der Waals surface area contributed by atoms with Crippen molar-refractivity contribution < 1.29 is 23.9 Å². The lowest BCUT2D eigenvalue weighted by molar-refractivity contribution is -0.122. The quantitative estimate of drug-likeness (QED) is 0.414. The Balaban J connectivity index is 1.36. The predicted molar refractivity (Wildman–Crippen MR) is 132 cm³/mol. The maximum atomic E-state index is 12.9. The Bertz CT molecular complexity index is 1170. The number of nitrogens with one attached hydrogen (secondary N) is 1. The number of anilines is 2. The van der Waals surface area contributed by atoms with Gasteiger partial charge in [0.15, 0.2) is 6.61 Å². The zero-order valence-electron chi connectivity index (χ0n) is 18.8. The minimum Gasteiger partial charge on any atom is -0.452 e. The molecule has 34 heavy (non-hydrogen) atoms. The maximum Gasteiger partial charge on any atom is 0.338 e. The van der Waals surface area contributed by atoms with Crippen LogP contribution in [0.25, 0.3) is 0 Å². The van der Waals surface area contributed by atoms with Gasteiger partial charge in [-0.2, -0.15) is 0 Å². The fourth-order valence-electron chi connectivity index (χ4n) is 4.57. The van der Waals surface area contributed by atoms with E-state index in [1.165, 1.54) is 17.0 Å². The number of halogens is 2. The van der Waals surface area contributed by atoms with Crippen molar-refractivity contribution in [2.75, 3.05) is 16.8 Å². The minimum absolute atomic E-state index is 0.169. The first kappa shape index (κ1) is 24.4. The Morgan fingerprint density at radius 3 is 2.50 bits per heavy atom. The molecule has 2 aromatic rings. The van der Waals surface area contributed by atoms with Crippen molar-refractivity contribution in [3.05, 3.63) is 57.0 Å². The van der Waals surface area contributed by atoms with Crippen LogP contribution in [0.1, 0.15) is 42.1 Å². The topological polar surface area (TPSA) is 92.8 Å². The first-order valence-electron chi connectivity index (χ1n) is 11.1. The number of carbonyl (C=O) groups is 4. The van der Waals surface area contributed by atoms with Gasteiger partial charge in [-0.1, -0.05) is 18.5 Å². The summed E-state index contributed by atoms with van der Waals surface area (Å²) < 4.78 is 5.82. The normalized spacial score (nSPS) is 21.9. The second-order valence-electron chi connectivity index (χ2n) is 8.90. The van der Waals surface area contributed by atoms with E-state index < -0.39 is 18.5 Å². The van der Waals surface area contributed by atoms with E-state index in [0.717, 1.165) is 24.8 Å². The second kappa shape index (κ2) is 9.88. The first-order chi connectivity index (χ1) is 16.2. The second-order valence-corrected chi connectivity index (χ2v) is 10.2. The number of imide groups is 1. The molecule has 7 nitrogen and oxygen atoms in total. The van der Waals surface area contributed by atoms with Crippen LogP contribution in [0.4, 0.5) is 11.4 Å². The van der Waals surface area contributed by atoms with Crippen molar-refractivity contribution in [2.45, 2.75) is 33.1 Å². The number of amides is 3. The molecule has 3 atom stereocenters. The van der Waals surface area contributed by atoms with Crippen molar-refractivity contribution >= 4 is 62.6 Å². The summed E-state index contributed by atoms with van der Waals surface area (Å²) in [6.07, 6.45) is 2.40. The van der Waals surface area contributed by atoms with Gasteiger partial charge in [-0.25, -0.2) is 4.79 Å². The summed E-state index contributed by atoms with van der Waals surface area (Å²) in [7, 11) is 0. The number of nitrogens with zero attached hydrogens (tertiary/aromatic N) is 1. The zero-order valence-corrected chi connectivity index (χ0v) is 21.1. The van der Waals surface area contributed by atoms with Gasteiger partial charge in [0.1, 0.15) is 0 Å². The molecule has 1 saturated carbocycles. The molecular formula is C25H24BrClN2O5. The number of fused-ring (bicyclic) bond motifs is 1. The van der Waals surface area contributed by atoms with E-state index >= 15 is 0 Å². The van der Waals surface area contributed by atoms with E-state index in [4.69, 9.17) is 16.3 Å². The average molecular weight is 548 g/mol. The van der Waals surface area contributed by atoms with Crippen molar-refractivity contribution in [2.24, 2.45) is 17.8 Å². The van der Waals surface area contributed by atoms with E-state index in [2.05, 4.69) is 28.2 Å². The SMILES string of the molecule is Cc1cc(Br)c(Cl)cc1NC(=O)COC(=O)c1ccc(N2C(=O)[C@@H]3CC[C@H](C)C[C@H]3C2=O)cc1. The third-order valence-electron chi connectivity index (χ3n) is 6.42. The van der Waals surface area contributed by atoms with Gasteiger partial charge in [-0.15, -0.1) is 0 Å². The molecule has 1 aliphatic heterocycles. The molecule has 0 spiro atoms. The molecule has 0 unspecified atom stereocenters. The van der Waals surface area contributed by atoms with Crippen LogP contribution in [-0.4, -0.2) is 30.3 Å². The van der Waals surface area contributed by atoms with E-state index in [-0.39, 0.29) is 29.2 Å². The molecule has 1 N–H and O–H groups in total. The molecule has 178 valence electrons. The highest BCUT2D eigenvalue weighted by Gasteiger charge is 2.49. The number of carbonyl (C=O) groups excluding carboxylic acids is 4. The molecular weight excluding hydrogens is 524 g/mol. The van der Waals surface area contributed by atoms with Crippen LogP contribution < -0.4 is 10.2 Å². The number of benzene rings is 2. The predicted octanol–water partition coefficient (Wildman–Crippen LogP) is 5.13. The van der Waals surface area contributed by atoms with E-state index in [9.17, 15) is 19.2 Å². The molecule has 0 aromatic heterocycles. The summed E-state index contributed by atoms with van der Waals surface area (Å²) >= 11 is 9.39. The molecule has 9 heteroatoms. The molecule has 2 aliphatic rings. The molecule has 1 saturated heterocycles. The van der Waals surface area contributed by atoms with Crippen LogP contribution in [0.15, 0.2) is 40.9 Å². The van der Waals surface area contributed by atoms with Gasteiger partial charge in [-0.3, -0.25) is 19.3 Å². The Morgan fingerprint density at radius 2 is 1.79 bits per heavy atom. The van der Waals surface area contributed by atoms with Crippen molar-refractivity contribution in [3.8, 4) is 0 Å². The fraction of sp³-hybridized carbons (Fsp3) is 0.360. The Morgan fingerprint density at radius 1 is 1.12 bits per heavy atom. The lowest BCUT2D eigenvalue weighted by Gasteiger charge is -2.25. The van der Waals surface area contributed by atoms with Gasteiger partial charge in [0.05, 0.1) is 28.1 Å².